The third kappa shape index (κ3) is 2.50. The molecule has 1 aromatic carbocycles. The number of hydrogen-bond donors (Lipinski definition) is 1. The van der Waals surface area contributed by atoms with Crippen molar-refractivity contribution in [2.75, 3.05) is 0 Å². The largest absolute Gasteiger partial charge is 0.318 e. The van der Waals surface area contributed by atoms with Crippen molar-refractivity contribution in [1.82, 2.24) is 9.55 Å². The van der Waals surface area contributed by atoms with Gasteiger partial charge in [-0.3, -0.25) is 9.78 Å². The lowest BCUT2D eigenvalue weighted by molar-refractivity contribution is 0.600. The highest BCUT2D eigenvalue weighted by molar-refractivity contribution is 7.71. The summed E-state index contributed by atoms with van der Waals surface area (Å²) >= 11 is 5.07. The number of H-pyrrole nitrogens is 1. The van der Waals surface area contributed by atoms with Gasteiger partial charge in [-0.05, 0) is 36.8 Å². The van der Waals surface area contributed by atoms with Gasteiger partial charge in [0.1, 0.15) is 5.82 Å². The van der Waals surface area contributed by atoms with Crippen LogP contribution in [0.2, 0.25) is 0 Å². The highest BCUT2D eigenvalue weighted by atomic mass is 32.1. The SMILES string of the molecule is CC(c1ccc(F)cc1)n1ccc(=O)[nH]c1=S. The van der Waals surface area contributed by atoms with E-state index in [1.807, 2.05) is 6.92 Å². The van der Waals surface area contributed by atoms with Crippen LogP contribution in [-0.4, -0.2) is 9.55 Å². The second-order valence-electron chi connectivity index (χ2n) is 3.74. The second kappa shape index (κ2) is 4.63. The van der Waals surface area contributed by atoms with E-state index in [0.29, 0.717) is 4.77 Å². The minimum Gasteiger partial charge on any atom is -0.318 e. The molecule has 1 N–H and O–H groups in total. The molecule has 1 unspecified atom stereocenters. The van der Waals surface area contributed by atoms with Crippen LogP contribution in [0.25, 0.3) is 0 Å². The third-order valence-corrected chi connectivity index (χ3v) is 2.93. The lowest BCUT2D eigenvalue weighted by atomic mass is 10.1. The molecular weight excluding hydrogens is 239 g/mol. The number of nitrogens with one attached hydrogen (secondary N) is 1. The van der Waals surface area contributed by atoms with Gasteiger partial charge >= 0.3 is 0 Å². The first-order valence-electron chi connectivity index (χ1n) is 5.15. The maximum absolute atomic E-state index is 12.8. The maximum Gasteiger partial charge on any atom is 0.251 e. The normalized spacial score (nSPS) is 12.4. The molecule has 0 fully saturated rings. The van der Waals surface area contributed by atoms with E-state index in [1.165, 1.54) is 18.2 Å². The zero-order valence-corrected chi connectivity index (χ0v) is 10.00. The van der Waals surface area contributed by atoms with Gasteiger partial charge in [0.05, 0.1) is 6.04 Å². The first-order chi connectivity index (χ1) is 8.08. The number of aromatic nitrogens is 2. The van der Waals surface area contributed by atoms with Crippen LogP contribution in [0, 0.1) is 10.6 Å². The quantitative estimate of drug-likeness (QED) is 0.832. The fourth-order valence-corrected chi connectivity index (χ4v) is 1.95. The van der Waals surface area contributed by atoms with Gasteiger partial charge in [0.15, 0.2) is 4.77 Å². The van der Waals surface area contributed by atoms with Crippen LogP contribution in [0.3, 0.4) is 0 Å². The summed E-state index contributed by atoms with van der Waals surface area (Å²) in [6.45, 7) is 1.93. The Labute approximate surface area is 103 Å². The second-order valence-corrected chi connectivity index (χ2v) is 4.13. The zero-order chi connectivity index (χ0) is 12.4. The van der Waals surface area contributed by atoms with E-state index in [4.69, 9.17) is 12.2 Å². The zero-order valence-electron chi connectivity index (χ0n) is 9.18. The van der Waals surface area contributed by atoms with E-state index in [0.717, 1.165) is 5.56 Å². The first-order valence-corrected chi connectivity index (χ1v) is 5.55. The monoisotopic (exact) mass is 250 g/mol. The third-order valence-electron chi connectivity index (χ3n) is 2.62. The molecular formula is C12H11FN2OS. The van der Waals surface area contributed by atoms with Crippen LogP contribution in [0.15, 0.2) is 41.3 Å². The smallest absolute Gasteiger partial charge is 0.251 e. The highest BCUT2D eigenvalue weighted by Gasteiger charge is 2.07. The van der Waals surface area contributed by atoms with Crippen LogP contribution >= 0.6 is 12.2 Å². The molecule has 3 nitrogen and oxygen atoms in total. The molecule has 0 aliphatic carbocycles. The molecule has 0 saturated carbocycles. The van der Waals surface area contributed by atoms with Crippen LogP contribution in [0.1, 0.15) is 18.5 Å². The van der Waals surface area contributed by atoms with Crippen molar-refractivity contribution in [3.05, 3.63) is 63.0 Å². The molecule has 88 valence electrons. The van der Waals surface area contributed by atoms with Crippen molar-refractivity contribution in [2.45, 2.75) is 13.0 Å². The van der Waals surface area contributed by atoms with Crippen LogP contribution in [0.4, 0.5) is 4.39 Å². The molecule has 0 radical (unpaired) electrons. The van der Waals surface area contributed by atoms with Gasteiger partial charge in [0.2, 0.25) is 0 Å². The summed E-state index contributed by atoms with van der Waals surface area (Å²) in [5, 5.41) is 0. The van der Waals surface area contributed by atoms with Crippen molar-refractivity contribution in [2.24, 2.45) is 0 Å². The molecule has 0 bridgehead atoms. The van der Waals surface area contributed by atoms with Crippen LogP contribution in [-0.2, 0) is 0 Å². The Morgan fingerprint density at radius 1 is 1.29 bits per heavy atom. The molecule has 1 atom stereocenters. The molecule has 2 aromatic rings. The topological polar surface area (TPSA) is 37.8 Å². The lowest BCUT2D eigenvalue weighted by Crippen LogP contribution is -2.15. The van der Waals surface area contributed by atoms with Gasteiger partial charge < -0.3 is 4.57 Å². The standard InChI is InChI=1S/C12H11FN2OS/c1-8(9-2-4-10(13)5-3-9)15-7-6-11(16)14-12(15)17/h2-8H,1H3,(H,14,16,17). The van der Waals surface area contributed by atoms with E-state index in [2.05, 4.69) is 4.98 Å². The van der Waals surface area contributed by atoms with Gasteiger partial charge in [-0.25, -0.2) is 4.39 Å². The Hall–Kier alpha value is -1.75. The fourth-order valence-electron chi connectivity index (χ4n) is 1.63. The average molecular weight is 250 g/mol. The predicted molar refractivity (Wildman–Crippen MR) is 66.1 cm³/mol. The number of rotatable bonds is 2. The number of aromatic amines is 1. The van der Waals surface area contributed by atoms with E-state index in [-0.39, 0.29) is 17.4 Å². The Kier molecular flexibility index (Phi) is 3.19. The number of benzene rings is 1. The molecule has 1 aromatic heterocycles. The van der Waals surface area contributed by atoms with Crippen molar-refractivity contribution >= 4 is 12.2 Å². The summed E-state index contributed by atoms with van der Waals surface area (Å²) < 4.78 is 14.9. The summed E-state index contributed by atoms with van der Waals surface area (Å²) in [5.74, 6) is -0.272. The van der Waals surface area contributed by atoms with Gasteiger partial charge in [-0.1, -0.05) is 12.1 Å². The minimum atomic E-state index is -0.272. The van der Waals surface area contributed by atoms with Crippen molar-refractivity contribution in [3.63, 3.8) is 0 Å². The molecule has 0 spiro atoms. The molecule has 0 aliphatic heterocycles. The van der Waals surface area contributed by atoms with Gasteiger partial charge in [-0.15, -0.1) is 0 Å². The Morgan fingerprint density at radius 3 is 2.53 bits per heavy atom. The van der Waals surface area contributed by atoms with Gasteiger partial charge in [-0.2, -0.15) is 0 Å². The van der Waals surface area contributed by atoms with Crippen molar-refractivity contribution < 1.29 is 4.39 Å². The molecule has 17 heavy (non-hydrogen) atoms. The minimum absolute atomic E-state index is 0.0556. The summed E-state index contributed by atoms with van der Waals surface area (Å²) in [5.41, 5.74) is 0.701. The van der Waals surface area contributed by atoms with Gasteiger partial charge in [0.25, 0.3) is 5.56 Å². The average Bonchev–Trinajstić information content (AvgIpc) is 2.29. The highest BCUT2D eigenvalue weighted by Crippen LogP contribution is 2.17. The molecule has 5 heteroatoms. The molecule has 2 rings (SSSR count). The Bertz CT molecular complexity index is 630. The fraction of sp³-hybridized carbons (Fsp3) is 0.167. The predicted octanol–water partition coefficient (Wildman–Crippen LogP) is 2.65. The van der Waals surface area contributed by atoms with E-state index < -0.39 is 0 Å². The number of hydrogen-bond acceptors (Lipinski definition) is 2. The van der Waals surface area contributed by atoms with Crippen LogP contribution in [0.5, 0.6) is 0 Å². The first kappa shape index (κ1) is 11.7. The van der Waals surface area contributed by atoms with Crippen molar-refractivity contribution in [3.8, 4) is 0 Å². The maximum atomic E-state index is 12.8. The molecule has 0 amide bonds. The Morgan fingerprint density at radius 2 is 1.94 bits per heavy atom. The summed E-state index contributed by atoms with van der Waals surface area (Å²) in [7, 11) is 0. The van der Waals surface area contributed by atoms with E-state index >= 15 is 0 Å². The number of halogens is 1. The lowest BCUT2D eigenvalue weighted by Gasteiger charge is -2.15. The van der Waals surface area contributed by atoms with Crippen molar-refractivity contribution in [1.29, 1.82) is 0 Å². The number of nitrogens with zero attached hydrogens (tertiary/aromatic N) is 1. The summed E-state index contributed by atoms with van der Waals surface area (Å²) in [4.78, 5) is 13.6. The molecule has 0 saturated heterocycles. The molecule has 1 heterocycles. The van der Waals surface area contributed by atoms with Gasteiger partial charge in [0, 0.05) is 12.3 Å². The van der Waals surface area contributed by atoms with Crippen LogP contribution < -0.4 is 5.56 Å². The summed E-state index contributed by atoms with van der Waals surface area (Å²) in [6, 6.07) is 7.57. The van der Waals surface area contributed by atoms with E-state index in [1.54, 1.807) is 22.9 Å². The van der Waals surface area contributed by atoms with E-state index in [9.17, 15) is 9.18 Å². The molecule has 0 aliphatic rings. The Balaban J connectivity index is 2.43. The summed E-state index contributed by atoms with van der Waals surface area (Å²) in [6.07, 6.45) is 1.63.